The Morgan fingerprint density at radius 1 is 0.769 bits per heavy atom. The Morgan fingerprint density at radius 3 is 1.98 bits per heavy atom. The van der Waals surface area contributed by atoms with Crippen LogP contribution in [0.3, 0.4) is 0 Å². The summed E-state index contributed by atoms with van der Waals surface area (Å²) in [5.41, 5.74) is 25.5. The highest BCUT2D eigenvalue weighted by atomic mass is 16.4. The Kier molecular flexibility index (Phi) is 18.8. The molecule has 0 saturated carbocycles. The summed E-state index contributed by atoms with van der Waals surface area (Å²) >= 11 is 0. The Morgan fingerprint density at radius 2 is 1.42 bits per heavy atom. The van der Waals surface area contributed by atoms with E-state index in [-0.39, 0.29) is 24.9 Å². The smallest absolute Gasteiger partial charge is 0.425 e. The summed E-state index contributed by atoms with van der Waals surface area (Å²) in [7, 11) is -2.07. The number of rotatable bonds is 22. The largest absolute Gasteiger partial charge is 0.490 e. The molecule has 1 aromatic carbocycles. The van der Waals surface area contributed by atoms with Gasteiger partial charge in [-0.1, -0.05) is 37.6 Å². The fraction of sp³-hybridized carbons (Fsp3) is 0.515. The number of carbonyl (C=O) groups excluding carboxylic acids is 5. The molecular formula is C33H53BN10O8. The number of hydrogen-bond acceptors (Lipinski definition) is 13. The van der Waals surface area contributed by atoms with Crippen molar-refractivity contribution in [1.82, 2.24) is 31.6 Å². The molecule has 52 heavy (non-hydrogen) atoms. The zero-order valence-electron chi connectivity index (χ0n) is 29.6. The van der Waals surface area contributed by atoms with Gasteiger partial charge in [0, 0.05) is 11.8 Å². The first kappa shape index (κ1) is 43.7. The van der Waals surface area contributed by atoms with Crippen LogP contribution in [0.25, 0.3) is 11.3 Å². The summed E-state index contributed by atoms with van der Waals surface area (Å²) in [4.78, 5) is 69.3. The second-order valence-corrected chi connectivity index (χ2v) is 12.3. The van der Waals surface area contributed by atoms with Crippen molar-refractivity contribution in [3.05, 3.63) is 53.7 Å². The zero-order chi connectivity index (χ0) is 38.8. The lowest BCUT2D eigenvalue weighted by atomic mass is 9.86. The van der Waals surface area contributed by atoms with Crippen molar-refractivity contribution in [2.45, 2.75) is 95.3 Å². The minimum absolute atomic E-state index is 0.0113. The first-order valence-corrected chi connectivity index (χ1v) is 17.3. The van der Waals surface area contributed by atoms with Crippen LogP contribution in [0.2, 0.25) is 0 Å². The number of benzene rings is 1. The van der Waals surface area contributed by atoms with Crippen LogP contribution in [-0.4, -0.2) is 106 Å². The molecule has 6 unspecified atom stereocenters. The molecule has 1 aromatic heterocycles. The van der Waals surface area contributed by atoms with E-state index in [0.29, 0.717) is 25.1 Å². The molecule has 19 heteroatoms. The molecule has 0 radical (unpaired) electrons. The second kappa shape index (κ2) is 22.4. The van der Waals surface area contributed by atoms with Gasteiger partial charge in [0.25, 0.3) is 11.8 Å². The number of nitrogens with zero attached hydrogens (tertiary/aromatic N) is 1. The van der Waals surface area contributed by atoms with Crippen LogP contribution >= 0.6 is 0 Å². The van der Waals surface area contributed by atoms with Gasteiger partial charge in [0.2, 0.25) is 17.7 Å². The van der Waals surface area contributed by atoms with E-state index in [1.807, 2.05) is 24.3 Å². The number of aliphatic hydroxyl groups excluding tert-OH is 1. The average molecular weight is 729 g/mol. The first-order valence-electron chi connectivity index (χ1n) is 17.3. The van der Waals surface area contributed by atoms with Crippen LogP contribution < -0.4 is 49.5 Å². The summed E-state index contributed by atoms with van der Waals surface area (Å²) in [5, 5.41) is 40.3. The monoisotopic (exact) mass is 728 g/mol. The molecule has 2 aromatic rings. The number of carbonyl (C=O) groups is 5. The van der Waals surface area contributed by atoms with Crippen molar-refractivity contribution in [3.8, 4) is 11.3 Å². The van der Waals surface area contributed by atoms with Crippen molar-refractivity contribution < 1.29 is 39.1 Å². The maximum Gasteiger partial charge on any atom is 0.490 e. The third-order valence-electron chi connectivity index (χ3n) is 8.02. The van der Waals surface area contributed by atoms with E-state index in [0.717, 1.165) is 24.8 Å². The van der Waals surface area contributed by atoms with Crippen LogP contribution in [0.5, 0.6) is 0 Å². The highest BCUT2D eigenvalue weighted by molar-refractivity contribution is 6.43. The molecule has 1 heterocycles. The van der Waals surface area contributed by atoms with E-state index in [1.54, 1.807) is 12.1 Å². The molecule has 0 saturated heterocycles. The summed E-state index contributed by atoms with van der Waals surface area (Å²) < 4.78 is 0. The van der Waals surface area contributed by atoms with Crippen LogP contribution in [0, 0.1) is 0 Å². The quantitative estimate of drug-likeness (QED) is 0.0324. The van der Waals surface area contributed by atoms with Gasteiger partial charge >= 0.3 is 7.12 Å². The van der Waals surface area contributed by atoms with Crippen LogP contribution in [-0.2, 0) is 25.6 Å². The molecule has 2 rings (SSSR count). The topological polar surface area (TPSA) is 323 Å². The van der Waals surface area contributed by atoms with Gasteiger partial charge < -0.3 is 64.7 Å². The van der Waals surface area contributed by atoms with E-state index in [4.69, 9.17) is 22.9 Å². The van der Waals surface area contributed by atoms with Crippen molar-refractivity contribution in [1.29, 1.82) is 0 Å². The van der Waals surface area contributed by atoms with Crippen molar-refractivity contribution in [3.63, 3.8) is 0 Å². The lowest BCUT2D eigenvalue weighted by Gasteiger charge is -2.26. The minimum Gasteiger partial charge on any atom is -0.425 e. The fourth-order valence-electron chi connectivity index (χ4n) is 4.93. The van der Waals surface area contributed by atoms with Crippen molar-refractivity contribution >= 4 is 36.7 Å². The number of aliphatic hydroxyl groups is 1. The van der Waals surface area contributed by atoms with Crippen LogP contribution in [0.1, 0.15) is 68.3 Å². The lowest BCUT2D eigenvalue weighted by Crippen LogP contribution is -2.63. The molecule has 0 aliphatic carbocycles. The van der Waals surface area contributed by atoms with Gasteiger partial charge in [-0.3, -0.25) is 29.0 Å². The highest BCUT2D eigenvalue weighted by Crippen LogP contribution is 2.19. The van der Waals surface area contributed by atoms with Crippen molar-refractivity contribution in [2.75, 3.05) is 13.1 Å². The molecule has 0 aliphatic rings. The number of unbranched alkanes of at least 4 members (excludes halogenated alkanes) is 2. The number of pyridine rings is 1. The first-order chi connectivity index (χ1) is 24.7. The van der Waals surface area contributed by atoms with Gasteiger partial charge in [0.05, 0.1) is 17.4 Å². The molecule has 18 nitrogen and oxygen atoms in total. The Labute approximate surface area is 303 Å². The molecule has 286 valence electrons. The molecule has 0 bridgehead atoms. The summed E-state index contributed by atoms with van der Waals surface area (Å²) in [6, 6.07) is 5.66. The molecule has 0 aliphatic heterocycles. The number of aromatic nitrogens is 1. The third-order valence-corrected chi connectivity index (χ3v) is 8.02. The number of hydrogen-bond donors (Lipinski definition) is 12. The summed E-state index contributed by atoms with van der Waals surface area (Å²) in [6.07, 6.45) is 2.31. The van der Waals surface area contributed by atoms with Gasteiger partial charge in [-0.2, -0.15) is 0 Å². The Balaban J connectivity index is 2.06. The predicted molar refractivity (Wildman–Crippen MR) is 194 cm³/mol. The molecule has 0 spiro atoms. The highest BCUT2D eigenvalue weighted by Gasteiger charge is 2.33. The Bertz CT molecular complexity index is 1450. The van der Waals surface area contributed by atoms with E-state index in [9.17, 15) is 39.1 Å². The fourth-order valence-corrected chi connectivity index (χ4v) is 4.93. The third kappa shape index (κ3) is 14.3. The summed E-state index contributed by atoms with van der Waals surface area (Å²) in [6.45, 7) is 3.66. The Hall–Kier alpha value is -4.50. The maximum atomic E-state index is 13.3. The molecular weight excluding hydrogens is 675 g/mol. The van der Waals surface area contributed by atoms with Gasteiger partial charge in [-0.15, -0.1) is 0 Å². The zero-order valence-corrected chi connectivity index (χ0v) is 29.6. The van der Waals surface area contributed by atoms with Crippen LogP contribution in [0.4, 0.5) is 0 Å². The minimum atomic E-state index is -2.07. The van der Waals surface area contributed by atoms with Gasteiger partial charge in [-0.25, -0.2) is 0 Å². The van der Waals surface area contributed by atoms with Gasteiger partial charge in [-0.05, 0) is 76.2 Å². The van der Waals surface area contributed by atoms with E-state index in [1.165, 1.54) is 18.7 Å². The van der Waals surface area contributed by atoms with Gasteiger partial charge in [0.1, 0.15) is 24.2 Å². The average Bonchev–Trinajstić information content (AvgIpc) is 3.12. The molecule has 5 amide bonds. The number of aryl methyl sites for hydroxylation is 1. The van der Waals surface area contributed by atoms with Gasteiger partial charge in [0.15, 0.2) is 6.17 Å². The van der Waals surface area contributed by atoms with E-state index >= 15 is 0 Å². The van der Waals surface area contributed by atoms with Crippen molar-refractivity contribution in [2.24, 2.45) is 22.9 Å². The lowest BCUT2D eigenvalue weighted by molar-refractivity contribution is -0.135. The van der Waals surface area contributed by atoms with Crippen LogP contribution in [0.15, 0.2) is 42.6 Å². The normalized spacial score (nSPS) is 14.5. The molecule has 0 fully saturated rings. The molecule has 16 N–H and O–H groups in total. The standard InChI is InChI=1S/C33H53BN10O8/c1-3-4-7-20-9-11-21(12-10-20)23-14-13-22(18-39-23)28(46)40-25(15-17-36)29(47)42-26(19(2)45)31(49)43-27(37)32(50)41-24(8-5-6-16-35)30(48)44-33(38)34(51)52/h9-14,18-19,24-27,33,45,51-52H,3-8,15-17,35-38H2,1-2H3,(H,40,46)(H,41,50)(H,42,47)(H,43,49)(H,44,48). The predicted octanol–water partition coefficient (Wildman–Crippen LogP) is -3.17. The summed E-state index contributed by atoms with van der Waals surface area (Å²) in [5.74, 6) is -4.36. The SMILES string of the molecule is CCCCc1ccc(-c2ccc(C(=O)NC(CCN)C(=O)NC(C(=O)NC(N)C(=O)NC(CCCCN)C(=O)NC(N)B(O)O)C(C)O)cn2)cc1. The number of amides is 5. The van der Waals surface area contributed by atoms with E-state index < -0.39 is 73.1 Å². The number of nitrogens with one attached hydrogen (secondary N) is 5. The second-order valence-electron chi connectivity index (χ2n) is 12.3. The molecule has 6 atom stereocenters. The number of nitrogens with two attached hydrogens (primary N) is 4. The maximum absolute atomic E-state index is 13.3. The van der Waals surface area contributed by atoms with E-state index in [2.05, 4.69) is 38.5 Å².